The summed E-state index contributed by atoms with van der Waals surface area (Å²) in [5.41, 5.74) is 1.00. The summed E-state index contributed by atoms with van der Waals surface area (Å²) in [5.74, 6) is -2.92. The molecule has 36 heavy (non-hydrogen) atoms. The summed E-state index contributed by atoms with van der Waals surface area (Å²) in [6, 6.07) is 5.88. The lowest BCUT2D eigenvalue weighted by Crippen LogP contribution is -2.54. The summed E-state index contributed by atoms with van der Waals surface area (Å²) >= 11 is 6.34. The van der Waals surface area contributed by atoms with Gasteiger partial charge in [-0.25, -0.2) is 4.90 Å². The van der Waals surface area contributed by atoms with E-state index in [0.29, 0.717) is 40.4 Å². The molecule has 4 aliphatic heterocycles. The maximum absolute atomic E-state index is 14.2. The lowest BCUT2D eigenvalue weighted by molar-refractivity contribution is -0.385. The number of halogens is 1. The van der Waals surface area contributed by atoms with Crippen molar-refractivity contribution in [3.8, 4) is 5.75 Å². The van der Waals surface area contributed by atoms with Crippen molar-refractivity contribution in [3.05, 3.63) is 56.1 Å². The summed E-state index contributed by atoms with van der Waals surface area (Å²) in [6.45, 7) is 4.02. The molecule has 0 saturated carbocycles. The van der Waals surface area contributed by atoms with Gasteiger partial charge in [-0.2, -0.15) is 0 Å². The van der Waals surface area contributed by atoms with Crippen LogP contribution in [0.25, 0.3) is 0 Å². The number of ether oxygens (including phenoxy) is 1. The third-order valence-electron chi connectivity index (χ3n) is 8.30. The second-order valence-corrected chi connectivity index (χ2v) is 10.2. The highest BCUT2D eigenvalue weighted by molar-refractivity contribution is 6.32. The molecule has 3 amide bonds. The monoisotopic (exact) mass is 510 g/mol. The van der Waals surface area contributed by atoms with E-state index in [9.17, 15) is 24.5 Å². The van der Waals surface area contributed by atoms with Crippen LogP contribution in [-0.4, -0.2) is 47.2 Å². The first kappa shape index (κ1) is 22.9. The molecular weight excluding hydrogens is 488 g/mol. The summed E-state index contributed by atoms with van der Waals surface area (Å²) in [6.07, 6.45) is 1.49. The van der Waals surface area contributed by atoms with Gasteiger partial charge in [-0.1, -0.05) is 17.7 Å². The molecule has 0 radical (unpaired) electrons. The standard InChI is InChI=1S/C25H23ClN4O6/c1-11-9-17(30(34)35)18(36-3)10-16(11)29-22(31)19-15-5-4-8-28(15)25(20(19)23(29)32)13-6-7-14(26)12(2)21(13)27-24(25)33/h6-7,9-10,15,19-20H,4-5,8H2,1-3H3,(H,27,33)/t15-,19+,20+,25-/m0/s1. The first-order valence-corrected chi connectivity index (χ1v) is 12.1. The molecule has 2 aromatic carbocycles. The number of carbonyl (C=O) groups excluding carboxylic acids is 3. The van der Waals surface area contributed by atoms with Crippen LogP contribution < -0.4 is 15.0 Å². The van der Waals surface area contributed by atoms with Gasteiger partial charge in [0.15, 0.2) is 5.75 Å². The van der Waals surface area contributed by atoms with Crippen molar-refractivity contribution in [2.45, 2.75) is 38.3 Å². The average molecular weight is 511 g/mol. The average Bonchev–Trinajstić information content (AvgIpc) is 3.55. The van der Waals surface area contributed by atoms with E-state index in [4.69, 9.17) is 16.3 Å². The van der Waals surface area contributed by atoms with Crippen molar-refractivity contribution in [2.24, 2.45) is 11.8 Å². The molecule has 0 aromatic heterocycles. The molecule has 10 nitrogen and oxygen atoms in total. The van der Waals surface area contributed by atoms with Gasteiger partial charge in [0.25, 0.3) is 0 Å². The molecule has 4 aliphatic rings. The molecule has 1 N–H and O–H groups in total. The van der Waals surface area contributed by atoms with Gasteiger partial charge in [-0.3, -0.25) is 29.4 Å². The Morgan fingerprint density at radius 2 is 1.94 bits per heavy atom. The number of carbonyl (C=O) groups is 3. The van der Waals surface area contributed by atoms with Crippen molar-refractivity contribution in [2.75, 3.05) is 23.9 Å². The van der Waals surface area contributed by atoms with Crippen LogP contribution in [0.4, 0.5) is 17.1 Å². The van der Waals surface area contributed by atoms with Gasteiger partial charge in [0, 0.05) is 28.8 Å². The van der Waals surface area contributed by atoms with Crippen molar-refractivity contribution < 1.29 is 24.0 Å². The summed E-state index contributed by atoms with van der Waals surface area (Å²) < 4.78 is 5.20. The minimum Gasteiger partial charge on any atom is -0.490 e. The number of nitrogens with one attached hydrogen (secondary N) is 1. The summed E-state index contributed by atoms with van der Waals surface area (Å²) in [7, 11) is 1.29. The highest BCUT2D eigenvalue weighted by atomic mass is 35.5. The van der Waals surface area contributed by atoms with Gasteiger partial charge in [0.1, 0.15) is 5.54 Å². The zero-order valence-corrected chi connectivity index (χ0v) is 20.6. The molecule has 1 spiro atoms. The predicted octanol–water partition coefficient (Wildman–Crippen LogP) is 3.30. The molecule has 11 heteroatoms. The van der Waals surface area contributed by atoms with Crippen molar-refractivity contribution >= 4 is 46.4 Å². The first-order valence-electron chi connectivity index (χ1n) is 11.7. The number of rotatable bonds is 3. The van der Waals surface area contributed by atoms with E-state index in [0.717, 1.165) is 11.3 Å². The lowest BCUT2D eigenvalue weighted by atomic mass is 9.75. The molecule has 3 saturated heterocycles. The fourth-order valence-corrected chi connectivity index (χ4v) is 6.99. The van der Waals surface area contributed by atoms with E-state index in [1.165, 1.54) is 19.2 Å². The fraction of sp³-hybridized carbons (Fsp3) is 0.400. The predicted molar refractivity (Wildman–Crippen MR) is 130 cm³/mol. The molecule has 4 heterocycles. The molecule has 186 valence electrons. The number of benzene rings is 2. The van der Waals surface area contributed by atoms with Gasteiger partial charge in [-0.15, -0.1) is 0 Å². The normalized spacial score (nSPS) is 28.5. The van der Waals surface area contributed by atoms with Crippen LogP contribution in [0.15, 0.2) is 24.3 Å². The fourth-order valence-electron chi connectivity index (χ4n) is 6.84. The molecule has 0 unspecified atom stereocenters. The molecule has 4 atom stereocenters. The molecule has 0 aliphatic carbocycles. The third kappa shape index (κ3) is 2.58. The number of imide groups is 1. The van der Waals surface area contributed by atoms with E-state index >= 15 is 0 Å². The van der Waals surface area contributed by atoms with E-state index < -0.39 is 34.1 Å². The number of amides is 3. The van der Waals surface area contributed by atoms with Gasteiger partial charge < -0.3 is 10.1 Å². The summed E-state index contributed by atoms with van der Waals surface area (Å²) in [5, 5.41) is 14.9. The highest BCUT2D eigenvalue weighted by Gasteiger charge is 2.74. The maximum Gasteiger partial charge on any atom is 0.311 e. The SMILES string of the molecule is COc1cc(N2C(=O)[C@@H]3[C@@H]4CCCN4[C@]4(C(=O)Nc5c4ccc(Cl)c5C)[C@H]3C2=O)c(C)cc1[N+](=O)[O-]. The number of hydrogen-bond donors (Lipinski definition) is 1. The second-order valence-electron chi connectivity index (χ2n) is 9.80. The lowest BCUT2D eigenvalue weighted by Gasteiger charge is -2.36. The van der Waals surface area contributed by atoms with Crippen LogP contribution in [-0.2, 0) is 19.9 Å². The van der Waals surface area contributed by atoms with Crippen LogP contribution in [0.1, 0.15) is 29.5 Å². The van der Waals surface area contributed by atoms with Gasteiger partial charge in [-0.05, 0) is 50.4 Å². The van der Waals surface area contributed by atoms with Gasteiger partial charge >= 0.3 is 5.69 Å². The zero-order chi connectivity index (χ0) is 25.7. The number of methoxy groups -OCH3 is 1. The number of anilines is 2. The Bertz CT molecular complexity index is 1410. The van der Waals surface area contributed by atoms with Crippen LogP contribution in [0.3, 0.4) is 0 Å². The molecule has 6 rings (SSSR count). The van der Waals surface area contributed by atoms with E-state index in [1.807, 2.05) is 11.8 Å². The Hall–Kier alpha value is -3.50. The summed E-state index contributed by atoms with van der Waals surface area (Å²) in [4.78, 5) is 56.0. The number of aryl methyl sites for hydroxylation is 1. The van der Waals surface area contributed by atoms with Crippen LogP contribution >= 0.6 is 11.6 Å². The molecule has 3 fully saturated rings. The van der Waals surface area contributed by atoms with E-state index in [1.54, 1.807) is 19.1 Å². The van der Waals surface area contributed by atoms with Crippen molar-refractivity contribution in [1.82, 2.24) is 4.90 Å². The van der Waals surface area contributed by atoms with Crippen molar-refractivity contribution in [3.63, 3.8) is 0 Å². The van der Waals surface area contributed by atoms with E-state index in [2.05, 4.69) is 5.32 Å². The number of nitro groups is 1. The first-order chi connectivity index (χ1) is 17.1. The number of fused-ring (bicyclic) bond motifs is 7. The Morgan fingerprint density at radius 3 is 2.64 bits per heavy atom. The quantitative estimate of drug-likeness (QED) is 0.382. The number of hydrogen-bond acceptors (Lipinski definition) is 7. The Labute approximate surface area is 211 Å². The second kappa shape index (κ2) is 7.50. The number of nitro benzene ring substituents is 1. The van der Waals surface area contributed by atoms with Crippen molar-refractivity contribution in [1.29, 1.82) is 0 Å². The highest BCUT2D eigenvalue weighted by Crippen LogP contribution is 2.61. The minimum atomic E-state index is -1.32. The minimum absolute atomic E-state index is 0.0512. The van der Waals surface area contributed by atoms with Crippen LogP contribution in [0, 0.1) is 35.8 Å². The Kier molecular flexibility index (Phi) is 4.78. The van der Waals surface area contributed by atoms with Gasteiger partial charge in [0.05, 0.1) is 35.2 Å². The zero-order valence-electron chi connectivity index (χ0n) is 19.8. The number of nitrogens with zero attached hydrogens (tertiary/aromatic N) is 3. The van der Waals surface area contributed by atoms with Crippen LogP contribution in [0.2, 0.25) is 5.02 Å². The topological polar surface area (TPSA) is 122 Å². The third-order valence-corrected chi connectivity index (χ3v) is 8.71. The largest absolute Gasteiger partial charge is 0.490 e. The maximum atomic E-state index is 14.2. The molecule has 2 aromatic rings. The van der Waals surface area contributed by atoms with E-state index in [-0.39, 0.29) is 29.1 Å². The Balaban J connectivity index is 1.54. The molecule has 0 bridgehead atoms. The smallest absolute Gasteiger partial charge is 0.311 e. The molecular formula is C25H23ClN4O6. The van der Waals surface area contributed by atoms with Gasteiger partial charge in [0.2, 0.25) is 17.7 Å². The Morgan fingerprint density at radius 1 is 1.19 bits per heavy atom. The van der Waals surface area contributed by atoms with Crippen LogP contribution in [0.5, 0.6) is 5.75 Å².